The SMILES string of the molecule is O=C(/C=C/c1ccco1)NN1C(=O)NC2(CCCCC2)C1=O. The van der Waals surface area contributed by atoms with E-state index >= 15 is 0 Å². The van der Waals surface area contributed by atoms with Gasteiger partial charge in [-0.15, -0.1) is 0 Å². The van der Waals surface area contributed by atoms with Crippen molar-refractivity contribution in [3.05, 3.63) is 30.2 Å². The van der Waals surface area contributed by atoms with Gasteiger partial charge in [0.05, 0.1) is 6.26 Å². The number of hydrogen-bond acceptors (Lipinski definition) is 4. The van der Waals surface area contributed by atoms with Crippen molar-refractivity contribution >= 4 is 23.9 Å². The molecule has 0 radical (unpaired) electrons. The maximum absolute atomic E-state index is 12.4. The molecular weight excluding hydrogens is 286 g/mol. The lowest BCUT2D eigenvalue weighted by atomic mass is 9.82. The molecule has 0 unspecified atom stereocenters. The molecule has 1 saturated carbocycles. The molecule has 2 N–H and O–H groups in total. The second kappa shape index (κ2) is 5.67. The number of urea groups is 1. The molecule has 4 amide bonds. The van der Waals surface area contributed by atoms with Crippen LogP contribution in [0.1, 0.15) is 37.9 Å². The molecular formula is C15H17N3O4. The molecule has 7 heteroatoms. The molecule has 1 aliphatic carbocycles. The summed E-state index contributed by atoms with van der Waals surface area (Å²) in [4.78, 5) is 36.3. The zero-order chi connectivity index (χ0) is 15.6. The molecule has 0 atom stereocenters. The second-order valence-electron chi connectivity index (χ2n) is 5.54. The van der Waals surface area contributed by atoms with E-state index in [0.29, 0.717) is 18.6 Å². The summed E-state index contributed by atoms with van der Waals surface area (Å²) in [6.07, 6.45) is 8.25. The molecule has 1 saturated heterocycles. The molecule has 1 aromatic rings. The summed E-state index contributed by atoms with van der Waals surface area (Å²) in [6.45, 7) is 0. The molecule has 2 aliphatic rings. The highest BCUT2D eigenvalue weighted by atomic mass is 16.3. The van der Waals surface area contributed by atoms with E-state index in [1.165, 1.54) is 18.4 Å². The van der Waals surface area contributed by atoms with Gasteiger partial charge in [-0.05, 0) is 31.1 Å². The van der Waals surface area contributed by atoms with E-state index in [4.69, 9.17) is 4.42 Å². The molecule has 1 aromatic heterocycles. The lowest BCUT2D eigenvalue weighted by Crippen LogP contribution is -2.50. The van der Waals surface area contributed by atoms with Crippen molar-refractivity contribution in [2.75, 3.05) is 0 Å². The summed E-state index contributed by atoms with van der Waals surface area (Å²) in [5.74, 6) is -0.430. The van der Waals surface area contributed by atoms with Gasteiger partial charge in [-0.3, -0.25) is 15.0 Å². The van der Waals surface area contributed by atoms with Gasteiger partial charge in [0.15, 0.2) is 0 Å². The van der Waals surface area contributed by atoms with E-state index in [1.807, 2.05) is 0 Å². The number of imide groups is 1. The number of amides is 4. The van der Waals surface area contributed by atoms with Crippen LogP contribution in [-0.4, -0.2) is 28.4 Å². The minimum Gasteiger partial charge on any atom is -0.465 e. The molecule has 2 heterocycles. The van der Waals surface area contributed by atoms with Crippen LogP contribution in [0.5, 0.6) is 0 Å². The number of carbonyl (C=O) groups is 3. The van der Waals surface area contributed by atoms with Gasteiger partial charge in [0.2, 0.25) is 0 Å². The number of rotatable bonds is 3. The Kier molecular flexibility index (Phi) is 3.70. The zero-order valence-electron chi connectivity index (χ0n) is 12.0. The monoisotopic (exact) mass is 303 g/mol. The normalized spacial score (nSPS) is 20.6. The van der Waals surface area contributed by atoms with Gasteiger partial charge < -0.3 is 9.73 Å². The Morgan fingerprint density at radius 1 is 1.32 bits per heavy atom. The van der Waals surface area contributed by atoms with Crippen molar-refractivity contribution in [3.8, 4) is 0 Å². The maximum Gasteiger partial charge on any atom is 0.344 e. The van der Waals surface area contributed by atoms with Gasteiger partial charge in [0.1, 0.15) is 11.3 Å². The first-order valence-electron chi connectivity index (χ1n) is 7.30. The Morgan fingerprint density at radius 2 is 2.09 bits per heavy atom. The highest BCUT2D eigenvalue weighted by Crippen LogP contribution is 2.32. The fraction of sp³-hybridized carbons (Fsp3) is 0.400. The van der Waals surface area contributed by atoms with Crippen molar-refractivity contribution in [1.29, 1.82) is 0 Å². The Labute approximate surface area is 127 Å². The van der Waals surface area contributed by atoms with Crippen LogP contribution < -0.4 is 10.7 Å². The predicted molar refractivity (Wildman–Crippen MR) is 77.1 cm³/mol. The zero-order valence-corrected chi connectivity index (χ0v) is 12.0. The van der Waals surface area contributed by atoms with Crippen molar-refractivity contribution in [2.45, 2.75) is 37.6 Å². The van der Waals surface area contributed by atoms with Crippen LogP contribution in [0.4, 0.5) is 4.79 Å². The van der Waals surface area contributed by atoms with Crippen molar-refractivity contribution in [3.63, 3.8) is 0 Å². The van der Waals surface area contributed by atoms with Crippen LogP contribution in [0.3, 0.4) is 0 Å². The number of furan rings is 1. The van der Waals surface area contributed by atoms with E-state index in [1.54, 1.807) is 12.1 Å². The summed E-state index contributed by atoms with van der Waals surface area (Å²) >= 11 is 0. The Morgan fingerprint density at radius 3 is 2.77 bits per heavy atom. The maximum atomic E-state index is 12.4. The van der Waals surface area contributed by atoms with E-state index in [2.05, 4.69) is 10.7 Å². The first-order chi connectivity index (χ1) is 10.6. The number of carbonyl (C=O) groups excluding carboxylic acids is 3. The third-order valence-corrected chi connectivity index (χ3v) is 4.03. The van der Waals surface area contributed by atoms with E-state index in [9.17, 15) is 14.4 Å². The molecule has 3 rings (SSSR count). The number of nitrogens with zero attached hydrogens (tertiary/aromatic N) is 1. The van der Waals surface area contributed by atoms with Crippen LogP contribution in [0.25, 0.3) is 6.08 Å². The first kappa shape index (κ1) is 14.4. The summed E-state index contributed by atoms with van der Waals surface area (Å²) in [5, 5.41) is 3.50. The van der Waals surface area contributed by atoms with Crippen molar-refractivity contribution in [1.82, 2.24) is 15.8 Å². The van der Waals surface area contributed by atoms with Gasteiger partial charge in [0.25, 0.3) is 11.8 Å². The van der Waals surface area contributed by atoms with Crippen LogP contribution in [0.2, 0.25) is 0 Å². The van der Waals surface area contributed by atoms with Gasteiger partial charge in [-0.1, -0.05) is 19.3 Å². The number of hydrazine groups is 1. The third kappa shape index (κ3) is 2.61. The number of nitrogens with one attached hydrogen (secondary N) is 2. The smallest absolute Gasteiger partial charge is 0.344 e. The predicted octanol–water partition coefficient (Wildman–Crippen LogP) is 1.58. The lowest BCUT2D eigenvalue weighted by molar-refractivity contribution is -0.138. The third-order valence-electron chi connectivity index (χ3n) is 4.03. The van der Waals surface area contributed by atoms with Crippen LogP contribution in [-0.2, 0) is 9.59 Å². The average molecular weight is 303 g/mol. The first-order valence-corrected chi connectivity index (χ1v) is 7.30. The fourth-order valence-corrected chi connectivity index (χ4v) is 2.91. The van der Waals surface area contributed by atoms with Gasteiger partial charge in [-0.2, -0.15) is 5.01 Å². The van der Waals surface area contributed by atoms with E-state index in [-0.39, 0.29) is 5.91 Å². The van der Waals surface area contributed by atoms with Crippen molar-refractivity contribution < 1.29 is 18.8 Å². The van der Waals surface area contributed by atoms with E-state index in [0.717, 1.165) is 24.3 Å². The van der Waals surface area contributed by atoms with Gasteiger partial charge >= 0.3 is 6.03 Å². The summed E-state index contributed by atoms with van der Waals surface area (Å²) in [5.41, 5.74) is 1.48. The largest absolute Gasteiger partial charge is 0.465 e. The number of hydrogen-bond donors (Lipinski definition) is 2. The van der Waals surface area contributed by atoms with Crippen LogP contribution >= 0.6 is 0 Å². The quantitative estimate of drug-likeness (QED) is 0.655. The second-order valence-corrected chi connectivity index (χ2v) is 5.54. The Bertz CT molecular complexity index is 615. The lowest BCUT2D eigenvalue weighted by Gasteiger charge is -2.30. The van der Waals surface area contributed by atoms with Crippen molar-refractivity contribution in [2.24, 2.45) is 0 Å². The molecule has 7 nitrogen and oxygen atoms in total. The van der Waals surface area contributed by atoms with Gasteiger partial charge in [-0.25, -0.2) is 4.79 Å². The van der Waals surface area contributed by atoms with E-state index < -0.39 is 17.5 Å². The average Bonchev–Trinajstić information content (AvgIpc) is 3.10. The highest BCUT2D eigenvalue weighted by Gasteiger charge is 2.52. The van der Waals surface area contributed by atoms with Gasteiger partial charge in [0, 0.05) is 6.08 Å². The molecule has 0 aromatic carbocycles. The summed E-state index contributed by atoms with van der Waals surface area (Å²) in [6, 6.07) is 2.81. The minimum atomic E-state index is -0.840. The highest BCUT2D eigenvalue weighted by molar-refractivity contribution is 6.08. The molecule has 1 spiro atoms. The Hall–Kier alpha value is -2.57. The standard InChI is InChI=1S/C15H17N3O4/c19-12(7-6-11-5-4-10-22-11)17-18-13(20)15(16-14(18)21)8-2-1-3-9-15/h4-7,10H,1-3,8-9H2,(H,16,21)(H,17,19)/b7-6+. The molecule has 116 valence electrons. The summed E-state index contributed by atoms with van der Waals surface area (Å²) in [7, 11) is 0. The Balaban J connectivity index is 1.66. The topological polar surface area (TPSA) is 91.7 Å². The molecule has 0 bridgehead atoms. The molecule has 2 fully saturated rings. The molecule has 22 heavy (non-hydrogen) atoms. The summed E-state index contributed by atoms with van der Waals surface area (Å²) < 4.78 is 5.06. The van der Waals surface area contributed by atoms with Crippen LogP contribution in [0, 0.1) is 0 Å². The van der Waals surface area contributed by atoms with Crippen LogP contribution in [0.15, 0.2) is 28.9 Å². The molecule has 1 aliphatic heterocycles. The fourth-order valence-electron chi connectivity index (χ4n) is 2.91. The minimum absolute atomic E-state index is 0.378.